The molecule has 2 atom stereocenters. The lowest BCUT2D eigenvalue weighted by Crippen LogP contribution is -2.71. The van der Waals surface area contributed by atoms with Gasteiger partial charge in [-0.3, -0.25) is 24.0 Å². The maximum Gasteiger partial charge on any atom is 0.276 e. The summed E-state index contributed by atoms with van der Waals surface area (Å²) < 4.78 is 1.57. The van der Waals surface area contributed by atoms with Crippen molar-refractivity contribution in [2.24, 2.45) is 12.2 Å². The van der Waals surface area contributed by atoms with E-state index in [4.69, 9.17) is 5.73 Å². The fraction of sp³-hybridized carbons (Fsp3) is 0.312. The Morgan fingerprint density at radius 2 is 2.28 bits per heavy atom. The molecule has 0 unspecified atom stereocenters. The SMILES string of the molecule is Cn1cc(SCC2=C(C(=O)S)N3C(=O)[C@@H](NC(=O)/C(=N\O)c4csc(N)n4)[C@H]3SC2)nn1. The van der Waals surface area contributed by atoms with Crippen LogP contribution < -0.4 is 11.1 Å². The van der Waals surface area contributed by atoms with Gasteiger partial charge in [-0.05, 0) is 5.57 Å². The molecule has 2 aromatic rings. The molecule has 2 aliphatic rings. The summed E-state index contributed by atoms with van der Waals surface area (Å²) in [6.07, 6.45) is 1.75. The van der Waals surface area contributed by atoms with E-state index in [1.54, 1.807) is 17.9 Å². The van der Waals surface area contributed by atoms with Crippen molar-refractivity contribution in [2.45, 2.75) is 16.4 Å². The molecule has 0 aliphatic carbocycles. The second-order valence-corrected chi connectivity index (χ2v) is 10.1. The topological polar surface area (TPSA) is 169 Å². The average molecular weight is 513 g/mol. The van der Waals surface area contributed by atoms with Crippen molar-refractivity contribution in [1.82, 2.24) is 30.2 Å². The van der Waals surface area contributed by atoms with Crippen molar-refractivity contribution in [3.63, 3.8) is 0 Å². The van der Waals surface area contributed by atoms with Crippen molar-refractivity contribution in [1.29, 1.82) is 0 Å². The predicted molar refractivity (Wildman–Crippen MR) is 123 cm³/mol. The molecule has 4 rings (SSSR count). The highest BCUT2D eigenvalue weighted by Crippen LogP contribution is 2.42. The Balaban J connectivity index is 1.48. The van der Waals surface area contributed by atoms with Crippen LogP contribution in [-0.4, -0.2) is 75.6 Å². The van der Waals surface area contributed by atoms with Gasteiger partial charge >= 0.3 is 0 Å². The zero-order valence-electron chi connectivity index (χ0n) is 16.3. The molecule has 2 aromatic heterocycles. The van der Waals surface area contributed by atoms with Crippen LogP contribution in [0.4, 0.5) is 5.13 Å². The molecule has 16 heteroatoms. The van der Waals surface area contributed by atoms with Gasteiger partial charge in [-0.1, -0.05) is 34.8 Å². The van der Waals surface area contributed by atoms with Gasteiger partial charge < -0.3 is 16.3 Å². The molecule has 0 saturated carbocycles. The molecule has 1 saturated heterocycles. The summed E-state index contributed by atoms with van der Waals surface area (Å²) in [5, 5.41) is 24.0. The third-order valence-electron chi connectivity index (χ3n) is 4.59. The minimum absolute atomic E-state index is 0.0990. The van der Waals surface area contributed by atoms with Gasteiger partial charge in [-0.15, -0.1) is 28.2 Å². The highest BCUT2D eigenvalue weighted by Gasteiger charge is 2.53. The predicted octanol–water partition coefficient (Wildman–Crippen LogP) is -0.0652. The molecule has 0 spiro atoms. The lowest BCUT2D eigenvalue weighted by atomic mass is 10.0. The van der Waals surface area contributed by atoms with Gasteiger partial charge in [-0.25, -0.2) is 4.98 Å². The number of nitrogens with one attached hydrogen (secondary N) is 1. The van der Waals surface area contributed by atoms with Gasteiger partial charge in [0.25, 0.3) is 11.8 Å². The third kappa shape index (κ3) is 4.22. The number of thiazole rings is 1. The standard InChI is InChI=1S/C16H16N8O4S4/c1-23-2-8(20-22-23)30-3-6-4-31-14-10(13(26)24(14)11(6)15(27)29)19-12(25)9(21-28)7-5-32-16(17)18-7/h2,5,10,14,28H,3-4H2,1H3,(H2,17,18)(H,19,25)(H,27,29)/b21-9-/t10-,14-/m1/s1. The number of nitrogens with two attached hydrogens (primary N) is 1. The van der Waals surface area contributed by atoms with E-state index in [0.717, 1.165) is 16.9 Å². The lowest BCUT2D eigenvalue weighted by molar-refractivity contribution is -0.146. The van der Waals surface area contributed by atoms with Crippen molar-refractivity contribution in [3.05, 3.63) is 28.5 Å². The normalized spacial score (nSPS) is 20.8. The van der Waals surface area contributed by atoms with Crippen molar-refractivity contribution in [3.8, 4) is 0 Å². The number of thioether (sulfide) groups is 2. The van der Waals surface area contributed by atoms with E-state index in [-0.39, 0.29) is 22.2 Å². The van der Waals surface area contributed by atoms with Gasteiger partial charge in [0.2, 0.25) is 5.12 Å². The van der Waals surface area contributed by atoms with E-state index in [1.165, 1.54) is 33.8 Å². The minimum atomic E-state index is -0.892. The summed E-state index contributed by atoms with van der Waals surface area (Å²) >= 11 is 7.85. The number of β-lactam (4-membered cyclic amide) rings is 1. The number of anilines is 1. The maximum absolute atomic E-state index is 12.8. The summed E-state index contributed by atoms with van der Waals surface area (Å²) in [7, 11) is 1.75. The Kier molecular flexibility index (Phi) is 6.45. The van der Waals surface area contributed by atoms with Crippen LogP contribution in [0, 0.1) is 0 Å². The lowest BCUT2D eigenvalue weighted by Gasteiger charge is -2.49. The Bertz CT molecular complexity index is 1160. The maximum atomic E-state index is 12.8. The fourth-order valence-electron chi connectivity index (χ4n) is 3.17. The smallest absolute Gasteiger partial charge is 0.276 e. The molecule has 1 fully saturated rings. The van der Waals surface area contributed by atoms with E-state index in [0.29, 0.717) is 16.5 Å². The summed E-state index contributed by atoms with van der Waals surface area (Å²) in [6, 6.07) is -0.892. The number of amides is 2. The molecule has 2 amide bonds. The number of fused-ring (bicyclic) bond motifs is 1. The molecule has 12 nitrogen and oxygen atoms in total. The second kappa shape index (κ2) is 9.13. The first-order chi connectivity index (χ1) is 15.3. The number of hydrogen-bond acceptors (Lipinski definition) is 12. The number of thiol groups is 1. The fourth-order valence-corrected chi connectivity index (χ4v) is 6.34. The molecular formula is C16H16N8O4S4. The van der Waals surface area contributed by atoms with E-state index in [9.17, 15) is 19.6 Å². The van der Waals surface area contributed by atoms with Crippen LogP contribution in [-0.2, 0) is 21.4 Å². The van der Waals surface area contributed by atoms with Crippen LogP contribution >= 0.6 is 47.5 Å². The van der Waals surface area contributed by atoms with Crippen molar-refractivity contribution >= 4 is 75.3 Å². The number of carbonyl (C=O) groups excluding carboxylic acids is 3. The number of aromatic nitrogens is 4. The second-order valence-electron chi connectivity index (χ2n) is 6.66. The van der Waals surface area contributed by atoms with Crippen LogP contribution in [0.1, 0.15) is 5.69 Å². The quantitative estimate of drug-likeness (QED) is 0.0984. The van der Waals surface area contributed by atoms with Crippen LogP contribution in [0.2, 0.25) is 0 Å². The van der Waals surface area contributed by atoms with Gasteiger partial charge in [0.15, 0.2) is 10.8 Å². The first-order valence-electron chi connectivity index (χ1n) is 8.93. The monoisotopic (exact) mass is 512 g/mol. The highest BCUT2D eigenvalue weighted by atomic mass is 32.2. The van der Waals surface area contributed by atoms with Crippen LogP contribution in [0.5, 0.6) is 0 Å². The molecule has 2 aliphatic heterocycles. The van der Waals surface area contributed by atoms with Crippen LogP contribution in [0.15, 0.2) is 33.0 Å². The molecule has 168 valence electrons. The Labute approximate surface area is 199 Å². The summed E-state index contributed by atoms with van der Waals surface area (Å²) in [5.74, 6) is -0.319. The summed E-state index contributed by atoms with van der Waals surface area (Å²) in [6.45, 7) is 0. The van der Waals surface area contributed by atoms with Crippen LogP contribution in [0.25, 0.3) is 0 Å². The molecule has 32 heavy (non-hydrogen) atoms. The number of nitrogen functional groups attached to an aromatic ring is 1. The number of aryl methyl sites for hydroxylation is 1. The molecular weight excluding hydrogens is 496 g/mol. The third-order valence-corrected chi connectivity index (χ3v) is 7.79. The van der Waals surface area contributed by atoms with Gasteiger partial charge in [0, 0.05) is 23.9 Å². The summed E-state index contributed by atoms with van der Waals surface area (Å²) in [4.78, 5) is 42.9. The molecule has 0 radical (unpaired) electrons. The summed E-state index contributed by atoms with van der Waals surface area (Å²) in [5.41, 5.74) is 6.26. The Hall–Kier alpha value is -2.56. The zero-order chi connectivity index (χ0) is 23.0. The van der Waals surface area contributed by atoms with E-state index in [2.05, 4.69) is 38.4 Å². The number of nitrogens with zero attached hydrogens (tertiary/aromatic N) is 6. The first-order valence-corrected chi connectivity index (χ1v) is 12.3. The number of hydrogen-bond donors (Lipinski definition) is 4. The van der Waals surface area contributed by atoms with Gasteiger partial charge in [0.1, 0.15) is 27.8 Å². The average Bonchev–Trinajstić information content (AvgIpc) is 3.38. The van der Waals surface area contributed by atoms with Gasteiger partial charge in [0.05, 0.1) is 6.20 Å². The first kappa shape index (κ1) is 22.6. The van der Waals surface area contributed by atoms with Crippen molar-refractivity contribution < 1.29 is 19.6 Å². The van der Waals surface area contributed by atoms with Crippen molar-refractivity contribution in [2.75, 3.05) is 17.2 Å². The van der Waals surface area contributed by atoms with Crippen LogP contribution in [0.3, 0.4) is 0 Å². The Morgan fingerprint density at radius 1 is 1.50 bits per heavy atom. The molecule has 0 aromatic carbocycles. The molecule has 4 N–H and O–H groups in total. The van der Waals surface area contributed by atoms with E-state index < -0.39 is 28.3 Å². The van der Waals surface area contributed by atoms with E-state index in [1.807, 2.05) is 0 Å². The van der Waals surface area contributed by atoms with E-state index >= 15 is 0 Å². The van der Waals surface area contributed by atoms with Gasteiger partial charge in [-0.2, -0.15) is 0 Å². The zero-order valence-corrected chi connectivity index (χ0v) is 19.7. The highest BCUT2D eigenvalue weighted by molar-refractivity contribution is 8.01. The largest absolute Gasteiger partial charge is 0.410 e. The Morgan fingerprint density at radius 3 is 2.88 bits per heavy atom. The number of carbonyl (C=O) groups is 3. The number of oxime groups is 1. The minimum Gasteiger partial charge on any atom is -0.410 e. The molecule has 4 heterocycles. The number of rotatable bonds is 7. The molecule has 0 bridgehead atoms.